The van der Waals surface area contributed by atoms with E-state index in [4.69, 9.17) is 10.5 Å². The maximum absolute atomic E-state index is 5.70. The minimum atomic E-state index is 0.456. The quantitative estimate of drug-likeness (QED) is 0.874. The van der Waals surface area contributed by atoms with Gasteiger partial charge in [-0.15, -0.1) is 11.3 Å². The standard InChI is InChI=1S/C12H15N3OS/c1-8-3-4-9(17-8)7-14-11-6-5-10(13)12(15-11)16-2/h3-6H,7,13H2,1-2H3,(H,14,15). The summed E-state index contributed by atoms with van der Waals surface area (Å²) in [5.74, 6) is 1.22. The van der Waals surface area contributed by atoms with E-state index in [-0.39, 0.29) is 0 Å². The van der Waals surface area contributed by atoms with Crippen LogP contribution >= 0.6 is 11.3 Å². The van der Waals surface area contributed by atoms with Gasteiger partial charge >= 0.3 is 0 Å². The molecule has 2 heterocycles. The van der Waals surface area contributed by atoms with Gasteiger partial charge in [0.2, 0.25) is 5.88 Å². The van der Waals surface area contributed by atoms with Gasteiger partial charge < -0.3 is 15.8 Å². The molecule has 4 nitrogen and oxygen atoms in total. The molecule has 2 aromatic heterocycles. The maximum atomic E-state index is 5.70. The van der Waals surface area contributed by atoms with Crippen LogP contribution in [0.15, 0.2) is 24.3 Å². The first kappa shape index (κ1) is 11.7. The molecule has 0 saturated carbocycles. The molecule has 0 saturated heterocycles. The smallest absolute Gasteiger partial charge is 0.238 e. The van der Waals surface area contributed by atoms with Gasteiger partial charge in [-0.2, -0.15) is 4.98 Å². The van der Waals surface area contributed by atoms with Crippen LogP contribution in [-0.2, 0) is 6.54 Å². The van der Waals surface area contributed by atoms with E-state index in [0.29, 0.717) is 11.6 Å². The predicted molar refractivity (Wildman–Crippen MR) is 71.6 cm³/mol. The van der Waals surface area contributed by atoms with Crippen LogP contribution in [0.25, 0.3) is 0 Å². The second kappa shape index (κ2) is 5.05. The van der Waals surface area contributed by atoms with Gasteiger partial charge in [0.1, 0.15) is 5.82 Å². The lowest BCUT2D eigenvalue weighted by molar-refractivity contribution is 0.401. The van der Waals surface area contributed by atoms with Crippen LogP contribution < -0.4 is 15.8 Å². The van der Waals surface area contributed by atoms with Crippen molar-refractivity contribution in [2.75, 3.05) is 18.2 Å². The fourth-order valence-corrected chi connectivity index (χ4v) is 2.30. The van der Waals surface area contributed by atoms with Crippen molar-refractivity contribution in [2.45, 2.75) is 13.5 Å². The molecule has 3 N–H and O–H groups in total. The summed E-state index contributed by atoms with van der Waals surface area (Å²) in [5.41, 5.74) is 6.24. The number of nitrogen functional groups attached to an aromatic ring is 1. The minimum absolute atomic E-state index is 0.456. The third-order valence-electron chi connectivity index (χ3n) is 2.32. The third kappa shape index (κ3) is 2.88. The molecule has 0 aliphatic carbocycles. The highest BCUT2D eigenvalue weighted by Crippen LogP contribution is 2.21. The number of hydrogen-bond donors (Lipinski definition) is 2. The summed E-state index contributed by atoms with van der Waals surface area (Å²) >= 11 is 1.77. The molecule has 0 unspecified atom stereocenters. The van der Waals surface area contributed by atoms with E-state index in [1.807, 2.05) is 6.07 Å². The van der Waals surface area contributed by atoms with Crippen molar-refractivity contribution in [3.05, 3.63) is 34.0 Å². The lowest BCUT2D eigenvalue weighted by Crippen LogP contribution is -2.02. The molecule has 90 valence electrons. The second-order valence-corrected chi connectivity index (χ2v) is 5.03. The Morgan fingerprint density at radius 2 is 2.18 bits per heavy atom. The van der Waals surface area contributed by atoms with Gasteiger partial charge in [-0.25, -0.2) is 0 Å². The van der Waals surface area contributed by atoms with Gasteiger partial charge in [0.05, 0.1) is 19.3 Å². The van der Waals surface area contributed by atoms with Crippen molar-refractivity contribution in [1.29, 1.82) is 0 Å². The fraction of sp³-hybridized carbons (Fsp3) is 0.250. The highest BCUT2D eigenvalue weighted by Gasteiger charge is 2.03. The summed E-state index contributed by atoms with van der Waals surface area (Å²) < 4.78 is 5.07. The first-order chi connectivity index (χ1) is 8.19. The van der Waals surface area contributed by atoms with Gasteiger partial charge in [0.15, 0.2) is 0 Å². The second-order valence-electron chi connectivity index (χ2n) is 3.66. The summed E-state index contributed by atoms with van der Waals surface area (Å²) in [6, 6.07) is 7.85. The van der Waals surface area contributed by atoms with Crippen LogP contribution in [0, 0.1) is 6.92 Å². The number of methoxy groups -OCH3 is 1. The number of pyridine rings is 1. The van der Waals surface area contributed by atoms with E-state index < -0.39 is 0 Å². The average Bonchev–Trinajstić information content (AvgIpc) is 2.74. The van der Waals surface area contributed by atoms with Gasteiger partial charge in [0.25, 0.3) is 0 Å². The molecule has 0 aliphatic rings. The molecule has 0 aromatic carbocycles. The number of rotatable bonds is 4. The molecule has 0 atom stereocenters. The van der Waals surface area contributed by atoms with E-state index >= 15 is 0 Å². The number of nitrogens with two attached hydrogens (primary N) is 1. The number of aryl methyl sites for hydroxylation is 1. The van der Waals surface area contributed by atoms with Crippen molar-refractivity contribution in [3.63, 3.8) is 0 Å². The van der Waals surface area contributed by atoms with Crippen molar-refractivity contribution in [2.24, 2.45) is 0 Å². The van der Waals surface area contributed by atoms with Crippen LogP contribution in [0.3, 0.4) is 0 Å². The summed E-state index contributed by atoms with van der Waals surface area (Å²) in [6.07, 6.45) is 0. The number of ether oxygens (including phenoxy) is 1. The Labute approximate surface area is 104 Å². The summed E-state index contributed by atoms with van der Waals surface area (Å²) in [6.45, 7) is 2.86. The highest BCUT2D eigenvalue weighted by molar-refractivity contribution is 7.11. The average molecular weight is 249 g/mol. The number of anilines is 2. The van der Waals surface area contributed by atoms with E-state index in [0.717, 1.165) is 12.4 Å². The highest BCUT2D eigenvalue weighted by atomic mass is 32.1. The van der Waals surface area contributed by atoms with Crippen LogP contribution in [0.1, 0.15) is 9.75 Å². The SMILES string of the molecule is COc1nc(NCc2ccc(C)s2)ccc1N. The molecule has 0 aliphatic heterocycles. The zero-order chi connectivity index (χ0) is 12.3. The zero-order valence-electron chi connectivity index (χ0n) is 9.86. The fourth-order valence-electron chi connectivity index (χ4n) is 1.47. The molecule has 5 heteroatoms. The molecule has 0 fully saturated rings. The van der Waals surface area contributed by atoms with Crippen LogP contribution in [0.4, 0.5) is 11.5 Å². The Bertz CT molecular complexity index is 510. The summed E-state index contributed by atoms with van der Waals surface area (Å²) in [5, 5.41) is 3.24. The Morgan fingerprint density at radius 3 is 2.82 bits per heavy atom. The Morgan fingerprint density at radius 1 is 1.35 bits per heavy atom. The van der Waals surface area contributed by atoms with E-state index in [2.05, 4.69) is 29.4 Å². The van der Waals surface area contributed by atoms with Crippen LogP contribution in [-0.4, -0.2) is 12.1 Å². The third-order valence-corrected chi connectivity index (χ3v) is 3.32. The molecule has 17 heavy (non-hydrogen) atoms. The first-order valence-electron chi connectivity index (χ1n) is 5.28. The van der Waals surface area contributed by atoms with Crippen LogP contribution in [0.5, 0.6) is 5.88 Å². The van der Waals surface area contributed by atoms with Gasteiger partial charge in [-0.1, -0.05) is 0 Å². The number of thiophene rings is 1. The minimum Gasteiger partial charge on any atom is -0.479 e. The van der Waals surface area contributed by atoms with Crippen LogP contribution in [0.2, 0.25) is 0 Å². The molecular weight excluding hydrogens is 234 g/mol. The molecule has 0 bridgehead atoms. The summed E-state index contributed by atoms with van der Waals surface area (Å²) in [7, 11) is 1.56. The predicted octanol–water partition coefficient (Wildman–Crippen LogP) is 2.65. The Balaban J connectivity index is 2.04. The van der Waals surface area contributed by atoms with Gasteiger partial charge in [-0.05, 0) is 31.2 Å². The maximum Gasteiger partial charge on any atom is 0.238 e. The lowest BCUT2D eigenvalue weighted by atomic mass is 10.4. The molecule has 2 rings (SSSR count). The normalized spacial score (nSPS) is 10.2. The molecule has 0 radical (unpaired) electrons. The zero-order valence-corrected chi connectivity index (χ0v) is 10.7. The monoisotopic (exact) mass is 249 g/mol. The molecule has 0 amide bonds. The topological polar surface area (TPSA) is 60.2 Å². The number of hydrogen-bond acceptors (Lipinski definition) is 5. The van der Waals surface area contributed by atoms with Crippen molar-refractivity contribution in [3.8, 4) is 5.88 Å². The summed E-state index contributed by atoms with van der Waals surface area (Å²) in [4.78, 5) is 6.85. The van der Waals surface area contributed by atoms with Crippen molar-refractivity contribution >= 4 is 22.8 Å². The van der Waals surface area contributed by atoms with Gasteiger partial charge in [0, 0.05) is 9.75 Å². The van der Waals surface area contributed by atoms with E-state index in [1.54, 1.807) is 24.5 Å². The van der Waals surface area contributed by atoms with Crippen molar-refractivity contribution in [1.82, 2.24) is 4.98 Å². The largest absolute Gasteiger partial charge is 0.479 e. The number of nitrogens with one attached hydrogen (secondary N) is 1. The van der Waals surface area contributed by atoms with E-state index in [9.17, 15) is 0 Å². The first-order valence-corrected chi connectivity index (χ1v) is 6.10. The number of aromatic nitrogens is 1. The van der Waals surface area contributed by atoms with Crippen molar-refractivity contribution < 1.29 is 4.74 Å². The van der Waals surface area contributed by atoms with Gasteiger partial charge in [-0.3, -0.25) is 0 Å². The molecule has 0 spiro atoms. The molecule has 2 aromatic rings. The Kier molecular flexibility index (Phi) is 3.49. The lowest BCUT2D eigenvalue weighted by Gasteiger charge is -2.07. The Hall–Kier alpha value is -1.75. The number of nitrogens with zero attached hydrogens (tertiary/aromatic N) is 1. The molecular formula is C12H15N3OS. The van der Waals surface area contributed by atoms with E-state index in [1.165, 1.54) is 9.75 Å².